The van der Waals surface area contributed by atoms with Crippen molar-refractivity contribution >= 4 is 0 Å². The molecule has 0 radical (unpaired) electrons. The van der Waals surface area contributed by atoms with Crippen molar-refractivity contribution in [2.45, 2.75) is 31.3 Å². The molecule has 80 valence electrons. The van der Waals surface area contributed by atoms with Gasteiger partial charge in [-0.1, -0.05) is 30.3 Å². The zero-order chi connectivity index (χ0) is 10.3. The minimum Gasteiger partial charge on any atom is -0.373 e. The molecule has 0 atom stereocenters. The largest absolute Gasteiger partial charge is 0.373 e. The maximum Gasteiger partial charge on any atom is 0.0983 e. The van der Waals surface area contributed by atoms with E-state index in [2.05, 4.69) is 30.3 Å². The molecule has 0 amide bonds. The van der Waals surface area contributed by atoms with E-state index in [4.69, 9.17) is 4.74 Å². The molecule has 2 bridgehead atoms. The van der Waals surface area contributed by atoms with Gasteiger partial charge in [0.15, 0.2) is 0 Å². The van der Waals surface area contributed by atoms with Gasteiger partial charge in [-0.3, -0.25) is 0 Å². The molecule has 1 heteroatoms. The lowest BCUT2D eigenvalue weighted by atomic mass is 9.84. The van der Waals surface area contributed by atoms with Crippen LogP contribution in [0.2, 0.25) is 0 Å². The summed E-state index contributed by atoms with van der Waals surface area (Å²) < 4.78 is 5.97. The molecule has 0 heterocycles. The Morgan fingerprint density at radius 3 is 2.00 bits per heavy atom. The number of hydrogen-bond acceptors (Lipinski definition) is 1. The van der Waals surface area contributed by atoms with E-state index in [9.17, 15) is 0 Å². The van der Waals surface area contributed by atoms with E-state index in [0.29, 0.717) is 0 Å². The zero-order valence-corrected chi connectivity index (χ0v) is 9.28. The van der Waals surface area contributed by atoms with Crippen molar-refractivity contribution in [3.05, 3.63) is 35.9 Å². The summed E-state index contributed by atoms with van der Waals surface area (Å²) in [5.41, 5.74) is 1.46. The fraction of sp³-hybridized carbons (Fsp3) is 0.571. The molecule has 3 rings (SSSR count). The van der Waals surface area contributed by atoms with Crippen molar-refractivity contribution < 1.29 is 4.74 Å². The quantitative estimate of drug-likeness (QED) is 0.714. The normalized spacial score (nSPS) is 38.5. The van der Waals surface area contributed by atoms with Crippen LogP contribution in [0, 0.1) is 11.8 Å². The highest BCUT2D eigenvalue weighted by Crippen LogP contribution is 2.59. The highest BCUT2D eigenvalue weighted by atomic mass is 16.5. The van der Waals surface area contributed by atoms with Gasteiger partial charge < -0.3 is 4.74 Å². The van der Waals surface area contributed by atoms with Crippen LogP contribution in [0.3, 0.4) is 0 Å². The molecule has 1 nitrogen and oxygen atoms in total. The zero-order valence-electron chi connectivity index (χ0n) is 9.28. The molecule has 1 aromatic rings. The van der Waals surface area contributed by atoms with Crippen LogP contribution in [0.1, 0.15) is 31.2 Å². The first-order valence-corrected chi connectivity index (χ1v) is 5.98. The van der Waals surface area contributed by atoms with Crippen LogP contribution in [0.4, 0.5) is 0 Å². The van der Waals surface area contributed by atoms with Crippen LogP contribution in [-0.2, 0) is 10.3 Å². The number of rotatable bonds is 2. The Labute approximate surface area is 91.5 Å². The lowest BCUT2D eigenvalue weighted by Crippen LogP contribution is -2.33. The third kappa shape index (κ3) is 1.13. The number of benzene rings is 1. The predicted molar refractivity (Wildman–Crippen MR) is 60.6 cm³/mol. The second-order valence-corrected chi connectivity index (χ2v) is 4.91. The van der Waals surface area contributed by atoms with Crippen LogP contribution in [0.15, 0.2) is 30.3 Å². The van der Waals surface area contributed by atoms with Crippen LogP contribution in [0.25, 0.3) is 0 Å². The van der Waals surface area contributed by atoms with Gasteiger partial charge in [-0.2, -0.15) is 0 Å². The molecule has 2 saturated carbocycles. The van der Waals surface area contributed by atoms with Crippen LogP contribution >= 0.6 is 0 Å². The lowest BCUT2D eigenvalue weighted by Gasteiger charge is -2.33. The standard InChI is InChI=1S/C14H18O/c1-15-14(11-5-3-2-4-6-11)12-7-8-13(14)10-9-12/h2-6,12-13H,7-10H2,1H3. The van der Waals surface area contributed by atoms with E-state index in [0.717, 1.165) is 11.8 Å². The maximum atomic E-state index is 5.97. The summed E-state index contributed by atoms with van der Waals surface area (Å²) in [6, 6.07) is 10.8. The smallest absolute Gasteiger partial charge is 0.0983 e. The Balaban J connectivity index is 2.07. The van der Waals surface area contributed by atoms with Crippen LogP contribution in [-0.4, -0.2) is 7.11 Å². The van der Waals surface area contributed by atoms with Gasteiger partial charge in [-0.15, -0.1) is 0 Å². The molecule has 2 aliphatic carbocycles. The summed E-state index contributed by atoms with van der Waals surface area (Å²) in [6.07, 6.45) is 5.42. The van der Waals surface area contributed by atoms with Gasteiger partial charge in [0.2, 0.25) is 0 Å². The fourth-order valence-electron chi connectivity index (χ4n) is 3.91. The second-order valence-electron chi connectivity index (χ2n) is 4.91. The molecule has 2 aliphatic rings. The molecular weight excluding hydrogens is 184 g/mol. The monoisotopic (exact) mass is 202 g/mol. The molecule has 15 heavy (non-hydrogen) atoms. The molecule has 0 saturated heterocycles. The van der Waals surface area contributed by atoms with E-state index < -0.39 is 0 Å². The summed E-state index contributed by atoms with van der Waals surface area (Å²) in [4.78, 5) is 0. The molecular formula is C14H18O. The first-order valence-electron chi connectivity index (χ1n) is 5.98. The van der Waals surface area contributed by atoms with E-state index in [1.165, 1.54) is 31.2 Å². The fourth-order valence-corrected chi connectivity index (χ4v) is 3.91. The topological polar surface area (TPSA) is 9.23 Å². The molecule has 0 aromatic heterocycles. The minimum absolute atomic E-state index is 0.0568. The van der Waals surface area contributed by atoms with Crippen molar-refractivity contribution in [2.75, 3.05) is 7.11 Å². The van der Waals surface area contributed by atoms with Gasteiger partial charge in [-0.25, -0.2) is 0 Å². The number of fused-ring (bicyclic) bond motifs is 2. The molecule has 0 unspecified atom stereocenters. The van der Waals surface area contributed by atoms with Crippen LogP contribution < -0.4 is 0 Å². The van der Waals surface area contributed by atoms with Crippen molar-refractivity contribution in [2.24, 2.45) is 11.8 Å². The van der Waals surface area contributed by atoms with Gasteiger partial charge in [-0.05, 0) is 43.1 Å². The van der Waals surface area contributed by atoms with Gasteiger partial charge in [0.1, 0.15) is 0 Å². The van der Waals surface area contributed by atoms with Gasteiger partial charge >= 0.3 is 0 Å². The number of ether oxygens (including phenoxy) is 1. The molecule has 1 aromatic carbocycles. The number of hydrogen-bond donors (Lipinski definition) is 0. The van der Waals surface area contributed by atoms with E-state index in [1.54, 1.807) is 0 Å². The Kier molecular flexibility index (Phi) is 2.10. The summed E-state index contributed by atoms with van der Waals surface area (Å²) in [7, 11) is 1.89. The van der Waals surface area contributed by atoms with Crippen molar-refractivity contribution in [3.8, 4) is 0 Å². The summed E-state index contributed by atoms with van der Waals surface area (Å²) in [6.45, 7) is 0. The average Bonchev–Trinajstić information content (AvgIpc) is 2.85. The molecule has 2 fully saturated rings. The third-order valence-corrected chi connectivity index (χ3v) is 4.50. The van der Waals surface area contributed by atoms with Gasteiger partial charge in [0.25, 0.3) is 0 Å². The summed E-state index contributed by atoms with van der Waals surface area (Å²) >= 11 is 0. The highest BCUT2D eigenvalue weighted by molar-refractivity contribution is 5.28. The van der Waals surface area contributed by atoms with Crippen LogP contribution in [0.5, 0.6) is 0 Å². The first kappa shape index (κ1) is 9.41. The Bertz CT molecular complexity index is 324. The van der Waals surface area contributed by atoms with E-state index >= 15 is 0 Å². The second kappa shape index (κ2) is 3.34. The number of methoxy groups -OCH3 is 1. The summed E-state index contributed by atoms with van der Waals surface area (Å²) in [5, 5.41) is 0. The summed E-state index contributed by atoms with van der Waals surface area (Å²) in [5.74, 6) is 1.52. The lowest BCUT2D eigenvalue weighted by molar-refractivity contribution is -0.0543. The average molecular weight is 202 g/mol. The Morgan fingerprint density at radius 1 is 1.00 bits per heavy atom. The van der Waals surface area contributed by atoms with Gasteiger partial charge in [0, 0.05) is 7.11 Å². The van der Waals surface area contributed by atoms with Gasteiger partial charge in [0.05, 0.1) is 5.60 Å². The van der Waals surface area contributed by atoms with E-state index in [1.807, 2.05) is 7.11 Å². The molecule has 0 N–H and O–H groups in total. The SMILES string of the molecule is COC1(c2ccccc2)C2CCC1CC2. The highest BCUT2D eigenvalue weighted by Gasteiger charge is 2.55. The molecule has 0 aliphatic heterocycles. The van der Waals surface area contributed by atoms with E-state index in [-0.39, 0.29) is 5.60 Å². The Hall–Kier alpha value is -0.820. The molecule has 0 spiro atoms. The maximum absolute atomic E-state index is 5.97. The van der Waals surface area contributed by atoms with Crippen molar-refractivity contribution in [3.63, 3.8) is 0 Å². The third-order valence-electron chi connectivity index (χ3n) is 4.50. The predicted octanol–water partition coefficient (Wildman–Crippen LogP) is 3.35. The van der Waals surface area contributed by atoms with Crippen molar-refractivity contribution in [1.82, 2.24) is 0 Å². The first-order chi connectivity index (χ1) is 7.38. The van der Waals surface area contributed by atoms with Crippen molar-refractivity contribution in [1.29, 1.82) is 0 Å². The Morgan fingerprint density at radius 2 is 1.53 bits per heavy atom. The minimum atomic E-state index is 0.0568.